The van der Waals surface area contributed by atoms with Gasteiger partial charge in [0.25, 0.3) is 0 Å². The van der Waals surface area contributed by atoms with Crippen LogP contribution < -0.4 is 30.4 Å². The van der Waals surface area contributed by atoms with Gasteiger partial charge in [-0.05, 0) is 30.7 Å². The summed E-state index contributed by atoms with van der Waals surface area (Å²) in [6, 6.07) is 2.75. The second kappa shape index (κ2) is 9.52. The molecule has 2 aromatic rings. The average molecular weight is 453 g/mol. The predicted molar refractivity (Wildman–Crippen MR) is 116 cm³/mol. The molecule has 1 fully saturated rings. The highest BCUT2D eigenvalue weighted by Gasteiger charge is 2.28. The van der Waals surface area contributed by atoms with Gasteiger partial charge in [-0.25, -0.2) is 23.2 Å². The van der Waals surface area contributed by atoms with E-state index < -0.39 is 16.1 Å². The number of fused-ring (bicyclic) bond motifs is 1. The maximum absolute atomic E-state index is 12.1. The van der Waals surface area contributed by atoms with Crippen molar-refractivity contribution in [3.63, 3.8) is 0 Å². The van der Waals surface area contributed by atoms with Gasteiger partial charge in [-0.2, -0.15) is 0 Å². The smallest absolute Gasteiger partial charge is 0.327 e. The summed E-state index contributed by atoms with van der Waals surface area (Å²) in [6.07, 6.45) is 3.17. The van der Waals surface area contributed by atoms with Gasteiger partial charge in [-0.15, -0.1) is 4.83 Å². The molecule has 1 aromatic heterocycles. The van der Waals surface area contributed by atoms with Crippen molar-refractivity contribution in [3.8, 4) is 11.5 Å². The summed E-state index contributed by atoms with van der Waals surface area (Å²) < 4.78 is 35.0. The number of piperidine rings is 1. The Morgan fingerprint density at radius 2 is 1.87 bits per heavy atom. The van der Waals surface area contributed by atoms with Crippen LogP contribution in [0.15, 0.2) is 18.5 Å². The Bertz CT molecular complexity index is 1040. The zero-order valence-electron chi connectivity index (χ0n) is 17.8. The van der Waals surface area contributed by atoms with Crippen LogP contribution in [-0.2, 0) is 10.0 Å². The lowest BCUT2D eigenvalue weighted by molar-refractivity contribution is 0.247. The van der Waals surface area contributed by atoms with E-state index in [1.165, 1.54) is 6.33 Å². The number of aromatic nitrogens is 2. The molecule has 31 heavy (non-hydrogen) atoms. The SMILES string of the molecule is COc1cc2ncnc(N3CCC(C(C)CS(=O)(=O)NNC(N)=O)CC3)c2cc1OC. The standard InChI is InChI=1S/C19H28N6O5S/c1-12(10-31(27,28)24-23-19(20)26)13-4-6-25(7-5-13)18-14-8-16(29-2)17(30-3)9-15(14)21-11-22-18/h8-9,11-13,24H,4-7,10H2,1-3H3,(H3,20,23,26). The van der Waals surface area contributed by atoms with Gasteiger partial charge in [-0.3, -0.25) is 5.43 Å². The number of carbonyl (C=O) groups is 1. The quantitative estimate of drug-likeness (QED) is 0.502. The summed E-state index contributed by atoms with van der Waals surface area (Å²) in [6.45, 7) is 3.38. The molecule has 0 bridgehead atoms. The number of methoxy groups -OCH3 is 2. The molecule has 4 N–H and O–H groups in total. The van der Waals surface area contributed by atoms with Gasteiger partial charge < -0.3 is 20.1 Å². The molecule has 1 aromatic carbocycles. The third kappa shape index (κ3) is 5.44. The highest BCUT2D eigenvalue weighted by Crippen LogP contribution is 2.36. The molecular weight excluding hydrogens is 424 g/mol. The second-order valence-electron chi connectivity index (χ2n) is 7.60. The van der Waals surface area contributed by atoms with Crippen molar-refractivity contribution in [2.75, 3.05) is 38.0 Å². The van der Waals surface area contributed by atoms with Gasteiger partial charge in [0.05, 0.1) is 25.5 Å². The fraction of sp³-hybridized carbons (Fsp3) is 0.526. The molecule has 2 amide bonds. The lowest BCUT2D eigenvalue weighted by Crippen LogP contribution is -2.47. The first-order valence-electron chi connectivity index (χ1n) is 9.90. The van der Waals surface area contributed by atoms with Crippen LogP contribution in [0.2, 0.25) is 0 Å². The molecule has 1 aliphatic rings. The summed E-state index contributed by atoms with van der Waals surface area (Å²) in [4.78, 5) is 23.8. The maximum Gasteiger partial charge on any atom is 0.327 e. The molecule has 0 saturated carbocycles. The van der Waals surface area contributed by atoms with Gasteiger partial charge in [-0.1, -0.05) is 6.92 Å². The minimum Gasteiger partial charge on any atom is -0.493 e. The van der Waals surface area contributed by atoms with Gasteiger partial charge in [0, 0.05) is 24.5 Å². The Morgan fingerprint density at radius 3 is 2.48 bits per heavy atom. The van der Waals surface area contributed by atoms with Crippen LogP contribution in [0.1, 0.15) is 19.8 Å². The molecule has 170 valence electrons. The lowest BCUT2D eigenvalue weighted by atomic mass is 9.86. The first kappa shape index (κ1) is 22.8. The predicted octanol–water partition coefficient (Wildman–Crippen LogP) is 1.00. The van der Waals surface area contributed by atoms with E-state index in [0.29, 0.717) is 11.5 Å². The van der Waals surface area contributed by atoms with Crippen molar-refractivity contribution in [2.24, 2.45) is 17.6 Å². The summed E-state index contributed by atoms with van der Waals surface area (Å²) in [5.41, 5.74) is 7.59. The number of benzene rings is 1. The average Bonchev–Trinajstić information content (AvgIpc) is 2.76. The molecule has 0 spiro atoms. The van der Waals surface area contributed by atoms with Crippen molar-refractivity contribution in [1.29, 1.82) is 0 Å². The Kier molecular flexibility index (Phi) is 7.01. The van der Waals surface area contributed by atoms with Crippen molar-refractivity contribution < 1.29 is 22.7 Å². The van der Waals surface area contributed by atoms with E-state index in [4.69, 9.17) is 15.2 Å². The highest BCUT2D eigenvalue weighted by atomic mass is 32.2. The van der Waals surface area contributed by atoms with Crippen molar-refractivity contribution >= 4 is 32.8 Å². The molecule has 0 radical (unpaired) electrons. The van der Waals surface area contributed by atoms with Crippen LogP contribution >= 0.6 is 0 Å². The first-order valence-corrected chi connectivity index (χ1v) is 11.6. The Balaban J connectivity index is 1.69. The number of amides is 2. The number of nitrogens with one attached hydrogen (secondary N) is 2. The number of hydrogen-bond acceptors (Lipinski definition) is 8. The van der Waals surface area contributed by atoms with Gasteiger partial charge >= 0.3 is 6.03 Å². The molecule has 3 rings (SSSR count). The second-order valence-corrected chi connectivity index (χ2v) is 9.36. The zero-order valence-corrected chi connectivity index (χ0v) is 18.6. The molecule has 2 heterocycles. The van der Waals surface area contributed by atoms with E-state index in [0.717, 1.165) is 42.7 Å². The van der Waals surface area contributed by atoms with E-state index in [1.54, 1.807) is 14.2 Å². The van der Waals surface area contributed by atoms with Crippen LogP contribution in [0.5, 0.6) is 11.5 Å². The number of anilines is 1. The third-order valence-electron chi connectivity index (χ3n) is 5.58. The molecule has 11 nitrogen and oxygen atoms in total. The van der Waals surface area contributed by atoms with Crippen LogP contribution in [0.25, 0.3) is 10.9 Å². The number of hydrazine groups is 1. The van der Waals surface area contributed by atoms with E-state index in [-0.39, 0.29) is 17.6 Å². The molecule has 12 heteroatoms. The van der Waals surface area contributed by atoms with E-state index in [1.807, 2.05) is 29.3 Å². The summed E-state index contributed by atoms with van der Waals surface area (Å²) in [5, 5.41) is 0.871. The Hall–Kier alpha value is -2.86. The molecular formula is C19H28N6O5S. The summed E-state index contributed by atoms with van der Waals surface area (Å²) in [7, 11) is -0.490. The number of nitrogens with two attached hydrogens (primary N) is 1. The number of carbonyl (C=O) groups excluding carboxylic acids is 1. The fourth-order valence-electron chi connectivity index (χ4n) is 3.95. The number of hydrogen-bond donors (Lipinski definition) is 3. The number of urea groups is 1. The van der Waals surface area contributed by atoms with Crippen LogP contribution in [0.3, 0.4) is 0 Å². The van der Waals surface area contributed by atoms with Crippen molar-refractivity contribution in [2.45, 2.75) is 19.8 Å². The topological polar surface area (TPSA) is 149 Å². The maximum atomic E-state index is 12.1. The van der Waals surface area contributed by atoms with Gasteiger partial charge in [0.15, 0.2) is 11.5 Å². The van der Waals surface area contributed by atoms with Crippen molar-refractivity contribution in [3.05, 3.63) is 18.5 Å². The zero-order chi connectivity index (χ0) is 22.6. The van der Waals surface area contributed by atoms with E-state index in [2.05, 4.69) is 14.9 Å². The number of nitrogens with zero attached hydrogens (tertiary/aromatic N) is 3. The number of sulfonamides is 1. The Morgan fingerprint density at radius 1 is 1.23 bits per heavy atom. The summed E-state index contributed by atoms with van der Waals surface area (Å²) in [5.74, 6) is 2.08. The number of rotatable bonds is 8. The van der Waals surface area contributed by atoms with Gasteiger partial charge in [0.2, 0.25) is 10.0 Å². The van der Waals surface area contributed by atoms with Crippen LogP contribution in [-0.4, -0.2) is 57.5 Å². The molecule has 1 aliphatic heterocycles. The largest absolute Gasteiger partial charge is 0.493 e. The van der Waals surface area contributed by atoms with E-state index in [9.17, 15) is 13.2 Å². The van der Waals surface area contributed by atoms with Gasteiger partial charge in [0.1, 0.15) is 12.1 Å². The van der Waals surface area contributed by atoms with Crippen LogP contribution in [0.4, 0.5) is 10.6 Å². The molecule has 1 atom stereocenters. The lowest BCUT2D eigenvalue weighted by Gasteiger charge is -2.35. The number of primary amides is 1. The van der Waals surface area contributed by atoms with E-state index >= 15 is 0 Å². The molecule has 0 aliphatic carbocycles. The molecule has 1 saturated heterocycles. The monoisotopic (exact) mass is 452 g/mol. The Labute approximate surface area is 181 Å². The summed E-state index contributed by atoms with van der Waals surface area (Å²) >= 11 is 0. The fourth-order valence-corrected chi connectivity index (χ4v) is 5.26. The first-order chi connectivity index (χ1) is 14.7. The normalized spacial score (nSPS) is 16.2. The third-order valence-corrected chi connectivity index (χ3v) is 6.95. The van der Waals surface area contributed by atoms with Crippen LogP contribution in [0, 0.1) is 11.8 Å². The minimum absolute atomic E-state index is 0.0826. The molecule has 1 unspecified atom stereocenters. The number of ether oxygens (including phenoxy) is 2. The minimum atomic E-state index is -3.66. The van der Waals surface area contributed by atoms with Crippen molar-refractivity contribution in [1.82, 2.24) is 20.2 Å². The highest BCUT2D eigenvalue weighted by molar-refractivity contribution is 7.89.